The van der Waals surface area contributed by atoms with Gasteiger partial charge < -0.3 is 47.7 Å². The average molecular weight is 570 g/mol. The molecule has 0 radical (unpaired) electrons. The van der Waals surface area contributed by atoms with Gasteiger partial charge in [-0.15, -0.1) is 0 Å². The van der Waals surface area contributed by atoms with Gasteiger partial charge in [0.2, 0.25) is 11.9 Å². The summed E-state index contributed by atoms with van der Waals surface area (Å²) in [6.07, 6.45) is 0.662. The molecule has 0 spiro atoms. The van der Waals surface area contributed by atoms with Crippen LogP contribution in [0, 0.1) is 5.41 Å². The number of carbonyl (C=O) groups is 3. The topological polar surface area (TPSA) is 308 Å². The highest BCUT2D eigenvalue weighted by Crippen LogP contribution is 2.12. The van der Waals surface area contributed by atoms with Crippen LogP contribution in [0.4, 0.5) is 11.6 Å². The fourth-order valence-corrected chi connectivity index (χ4v) is 2.97. The van der Waals surface area contributed by atoms with Crippen LogP contribution in [0.5, 0.6) is 0 Å². The SMILES string of the molecule is CN(C)C(=N)N=C(N)N.Nc1nc2ncc(CNc3ccc(C(=O)NC(CCC(=O)[O-])C(=O)O)cc3)nc2c(=O)[nH]1. The van der Waals surface area contributed by atoms with Gasteiger partial charge in [-0.25, -0.2) is 14.8 Å². The summed E-state index contributed by atoms with van der Waals surface area (Å²) in [4.78, 5) is 65.3. The first-order chi connectivity index (χ1) is 19.3. The minimum Gasteiger partial charge on any atom is -0.550 e. The van der Waals surface area contributed by atoms with Crippen molar-refractivity contribution in [1.29, 1.82) is 5.41 Å². The van der Waals surface area contributed by atoms with Gasteiger partial charge in [-0.2, -0.15) is 9.98 Å². The van der Waals surface area contributed by atoms with Crippen molar-refractivity contribution in [3.05, 3.63) is 52.1 Å². The zero-order valence-electron chi connectivity index (χ0n) is 22.0. The summed E-state index contributed by atoms with van der Waals surface area (Å²) in [6, 6.07) is 4.78. The Morgan fingerprint density at radius 3 is 2.39 bits per heavy atom. The molecule has 0 bridgehead atoms. The Morgan fingerprint density at radius 1 is 1.20 bits per heavy atom. The third-order valence-corrected chi connectivity index (χ3v) is 5.01. The zero-order chi connectivity index (χ0) is 30.7. The van der Waals surface area contributed by atoms with Crippen molar-refractivity contribution in [2.45, 2.75) is 25.4 Å². The summed E-state index contributed by atoms with van der Waals surface area (Å²) in [5.74, 6) is -3.49. The number of nitrogen functional groups attached to an aromatic ring is 1. The van der Waals surface area contributed by atoms with E-state index in [0.29, 0.717) is 11.4 Å². The predicted octanol–water partition coefficient (Wildman–Crippen LogP) is -2.62. The first-order valence-electron chi connectivity index (χ1n) is 11.7. The number of nitrogens with two attached hydrogens (primary N) is 3. The first kappa shape index (κ1) is 31.4. The largest absolute Gasteiger partial charge is 0.550 e. The van der Waals surface area contributed by atoms with Crippen LogP contribution in [0.15, 0.2) is 40.2 Å². The lowest BCUT2D eigenvalue weighted by Crippen LogP contribution is -2.41. The molecule has 1 atom stereocenters. The number of hydrogen-bond acceptors (Lipinski definition) is 11. The van der Waals surface area contributed by atoms with E-state index < -0.39 is 35.9 Å². The lowest BCUT2D eigenvalue weighted by molar-refractivity contribution is -0.305. The highest BCUT2D eigenvalue weighted by molar-refractivity contribution is 5.97. The maximum atomic E-state index is 12.3. The second-order valence-corrected chi connectivity index (χ2v) is 8.45. The number of aromatic nitrogens is 4. The molecule has 1 amide bonds. The second-order valence-electron chi connectivity index (χ2n) is 8.45. The van der Waals surface area contributed by atoms with E-state index in [4.69, 9.17) is 27.7 Å². The van der Waals surface area contributed by atoms with Crippen LogP contribution in [0.3, 0.4) is 0 Å². The van der Waals surface area contributed by atoms with Crippen molar-refractivity contribution in [2.24, 2.45) is 16.5 Å². The summed E-state index contributed by atoms with van der Waals surface area (Å²) in [6.45, 7) is 0.225. The van der Waals surface area contributed by atoms with E-state index in [1.807, 2.05) is 0 Å². The molecule has 18 nitrogen and oxygen atoms in total. The van der Waals surface area contributed by atoms with E-state index in [-0.39, 0.29) is 47.6 Å². The number of anilines is 2. The average Bonchev–Trinajstić information content (AvgIpc) is 2.89. The molecule has 0 aliphatic carbocycles. The Kier molecular flexibility index (Phi) is 11.0. The van der Waals surface area contributed by atoms with E-state index in [1.165, 1.54) is 23.2 Å². The van der Waals surface area contributed by atoms with Gasteiger partial charge in [-0.05, 0) is 37.1 Å². The number of guanidine groups is 2. The lowest BCUT2D eigenvalue weighted by Gasteiger charge is -2.15. The molecule has 218 valence electrons. The lowest BCUT2D eigenvalue weighted by atomic mass is 10.1. The minimum atomic E-state index is -1.40. The number of nitrogens with zero attached hydrogens (tertiary/aromatic N) is 5. The fraction of sp³-hybridized carbons (Fsp3) is 0.261. The van der Waals surface area contributed by atoms with Crippen LogP contribution in [-0.4, -0.2) is 79.8 Å². The molecule has 18 heteroatoms. The van der Waals surface area contributed by atoms with E-state index in [9.17, 15) is 24.3 Å². The summed E-state index contributed by atoms with van der Waals surface area (Å²) < 4.78 is 0. The van der Waals surface area contributed by atoms with Crippen molar-refractivity contribution in [3.63, 3.8) is 0 Å². The number of carboxylic acid groups (broad SMARTS) is 2. The van der Waals surface area contributed by atoms with E-state index in [2.05, 4.69) is 35.6 Å². The number of amides is 1. The van der Waals surface area contributed by atoms with E-state index in [1.54, 1.807) is 26.2 Å². The molecule has 3 aromatic rings. The fourth-order valence-electron chi connectivity index (χ4n) is 2.97. The van der Waals surface area contributed by atoms with Crippen LogP contribution < -0.4 is 38.5 Å². The van der Waals surface area contributed by atoms with Crippen LogP contribution in [0.2, 0.25) is 0 Å². The third kappa shape index (κ3) is 10.1. The van der Waals surface area contributed by atoms with Gasteiger partial charge in [0.25, 0.3) is 11.5 Å². The third-order valence-electron chi connectivity index (χ3n) is 5.01. The van der Waals surface area contributed by atoms with Gasteiger partial charge in [0.05, 0.1) is 18.4 Å². The molecular formula is C23H29N12O6-. The van der Waals surface area contributed by atoms with Gasteiger partial charge in [-0.3, -0.25) is 20.0 Å². The molecule has 0 aliphatic heterocycles. The van der Waals surface area contributed by atoms with Crippen LogP contribution in [-0.2, 0) is 16.1 Å². The number of fused-ring (bicyclic) bond motifs is 1. The number of benzene rings is 1. The molecule has 41 heavy (non-hydrogen) atoms. The predicted molar refractivity (Wildman–Crippen MR) is 146 cm³/mol. The molecule has 3 rings (SSSR count). The monoisotopic (exact) mass is 569 g/mol. The number of carboxylic acids is 2. The number of rotatable bonds is 9. The molecule has 1 unspecified atom stereocenters. The molecule has 0 aliphatic rings. The van der Waals surface area contributed by atoms with Crippen molar-refractivity contribution in [2.75, 3.05) is 25.1 Å². The van der Waals surface area contributed by atoms with Gasteiger partial charge in [-0.1, -0.05) is 0 Å². The Bertz CT molecular complexity index is 1500. The van der Waals surface area contributed by atoms with Crippen LogP contribution >= 0.6 is 0 Å². The second kappa shape index (κ2) is 14.4. The molecular weight excluding hydrogens is 540 g/mol. The molecule has 2 aromatic heterocycles. The van der Waals surface area contributed by atoms with Crippen molar-refractivity contribution < 1.29 is 24.6 Å². The number of aliphatic imine (C=N–C) groups is 1. The summed E-state index contributed by atoms with van der Waals surface area (Å²) in [7, 11) is 3.38. The Balaban J connectivity index is 0.000000564. The standard InChI is InChI=1S/C19H19N7O6.C4H11N5/c20-19-25-15-14(17(30)26-19)23-11(8-22-15)7-21-10-3-1-9(2-4-10)16(29)24-12(18(31)32)5-6-13(27)28;1-9(2)4(7)8-3(5)6/h1-4,8,12,21H,5-7H2,(H,24,29)(H,27,28)(H,31,32)(H3,20,22,25,26,30);1-2H3,(H5,5,6,7,8)/p-1. The molecule has 0 fully saturated rings. The van der Waals surface area contributed by atoms with Gasteiger partial charge in [0, 0.05) is 31.3 Å². The molecule has 11 N–H and O–H groups in total. The van der Waals surface area contributed by atoms with E-state index >= 15 is 0 Å². The number of hydrogen-bond donors (Lipinski definition) is 8. The Labute approximate surface area is 232 Å². The van der Waals surface area contributed by atoms with Gasteiger partial charge in [0.15, 0.2) is 17.1 Å². The van der Waals surface area contributed by atoms with Crippen molar-refractivity contribution >= 4 is 52.6 Å². The molecule has 0 saturated heterocycles. The zero-order valence-corrected chi connectivity index (χ0v) is 22.0. The van der Waals surface area contributed by atoms with Gasteiger partial charge >= 0.3 is 5.97 Å². The number of aromatic amines is 1. The van der Waals surface area contributed by atoms with Crippen molar-refractivity contribution in [3.8, 4) is 0 Å². The van der Waals surface area contributed by atoms with Crippen LogP contribution in [0.25, 0.3) is 11.2 Å². The summed E-state index contributed by atoms with van der Waals surface area (Å²) >= 11 is 0. The van der Waals surface area contributed by atoms with Crippen LogP contribution in [0.1, 0.15) is 28.9 Å². The Morgan fingerprint density at radius 2 is 1.85 bits per heavy atom. The normalized spacial score (nSPS) is 10.9. The number of nitrogens with one attached hydrogen (secondary N) is 4. The number of aliphatic carboxylic acids is 2. The smallest absolute Gasteiger partial charge is 0.326 e. The first-order valence-corrected chi connectivity index (χ1v) is 11.7. The highest BCUT2D eigenvalue weighted by atomic mass is 16.4. The van der Waals surface area contributed by atoms with E-state index in [0.717, 1.165) is 0 Å². The highest BCUT2D eigenvalue weighted by Gasteiger charge is 2.20. The summed E-state index contributed by atoms with van der Waals surface area (Å²) in [5.41, 5.74) is 16.4. The number of carbonyl (C=O) groups excluding carboxylic acids is 2. The maximum absolute atomic E-state index is 12.3. The van der Waals surface area contributed by atoms with Gasteiger partial charge in [0.1, 0.15) is 6.04 Å². The van der Waals surface area contributed by atoms with Crippen molar-refractivity contribution in [1.82, 2.24) is 30.2 Å². The molecule has 0 saturated carbocycles. The number of H-pyrrole nitrogens is 1. The quantitative estimate of drug-likeness (QED) is 0.0966. The minimum absolute atomic E-state index is 0.0509. The Hall–Kier alpha value is -5.81. The maximum Gasteiger partial charge on any atom is 0.326 e. The molecule has 2 heterocycles. The molecule has 1 aromatic carbocycles. The summed E-state index contributed by atoms with van der Waals surface area (Å²) in [5, 5.41) is 32.0.